The number of sulfonamides is 1. The normalized spacial score (nSPS) is 15.9. The van der Waals surface area contributed by atoms with Crippen LogP contribution in [0.25, 0.3) is 0 Å². The Bertz CT molecular complexity index is 951. The maximum absolute atomic E-state index is 12.7. The topological polar surface area (TPSA) is 75.3 Å². The smallest absolute Gasteiger partial charge is 0.261 e. The fraction of sp³-hybridized carbons (Fsp3) is 0.409. The first-order chi connectivity index (χ1) is 13.8. The molecule has 156 valence electrons. The molecule has 1 amide bonds. The van der Waals surface area contributed by atoms with Gasteiger partial charge in [-0.3, -0.25) is 9.52 Å². The Hall–Kier alpha value is -2.05. The van der Waals surface area contributed by atoms with Gasteiger partial charge in [-0.25, -0.2) is 8.42 Å². The van der Waals surface area contributed by atoms with Crippen LogP contribution in [0, 0.1) is 6.92 Å². The minimum absolute atomic E-state index is 0.116. The second-order valence-corrected chi connectivity index (χ2v) is 9.72. The average Bonchev–Trinajstić information content (AvgIpc) is 2.65. The Morgan fingerprint density at radius 2 is 1.59 bits per heavy atom. The molecule has 0 spiro atoms. The third kappa shape index (κ3) is 5.97. The van der Waals surface area contributed by atoms with Gasteiger partial charge in [0.25, 0.3) is 15.9 Å². The van der Waals surface area contributed by atoms with Crippen molar-refractivity contribution in [1.29, 1.82) is 0 Å². The number of hydrogen-bond donors (Lipinski definition) is 2. The van der Waals surface area contributed by atoms with Crippen LogP contribution in [0.3, 0.4) is 0 Å². The summed E-state index contributed by atoms with van der Waals surface area (Å²) in [6, 6.07) is 11.2. The van der Waals surface area contributed by atoms with Gasteiger partial charge in [-0.1, -0.05) is 49.8 Å². The molecule has 1 fully saturated rings. The van der Waals surface area contributed by atoms with Gasteiger partial charge in [-0.15, -0.1) is 0 Å². The first-order valence-corrected chi connectivity index (χ1v) is 11.9. The van der Waals surface area contributed by atoms with E-state index in [9.17, 15) is 13.2 Å². The van der Waals surface area contributed by atoms with E-state index in [1.165, 1.54) is 43.5 Å². The number of carbonyl (C=O) groups is 1. The number of amides is 1. The molecular weight excluding hydrogens is 408 g/mol. The minimum atomic E-state index is -3.77. The third-order valence-electron chi connectivity index (χ3n) is 5.31. The molecule has 0 heterocycles. The largest absolute Gasteiger partial charge is 0.349 e. The van der Waals surface area contributed by atoms with Gasteiger partial charge in [0.2, 0.25) is 0 Å². The lowest BCUT2D eigenvalue weighted by Gasteiger charge is -2.21. The minimum Gasteiger partial charge on any atom is -0.349 e. The molecule has 3 rings (SSSR count). The van der Waals surface area contributed by atoms with Crippen molar-refractivity contribution in [1.82, 2.24) is 5.32 Å². The van der Waals surface area contributed by atoms with Crippen LogP contribution in [0.1, 0.15) is 60.9 Å². The zero-order chi connectivity index (χ0) is 20.9. The second-order valence-electron chi connectivity index (χ2n) is 7.60. The molecule has 1 aliphatic carbocycles. The number of halogens is 1. The Morgan fingerprint density at radius 3 is 2.24 bits per heavy atom. The van der Waals surface area contributed by atoms with Crippen LogP contribution >= 0.6 is 11.6 Å². The van der Waals surface area contributed by atoms with Crippen LogP contribution in [0.5, 0.6) is 0 Å². The second kappa shape index (κ2) is 9.63. The van der Waals surface area contributed by atoms with Gasteiger partial charge < -0.3 is 5.32 Å². The highest BCUT2D eigenvalue weighted by Crippen LogP contribution is 2.23. The molecule has 0 aliphatic heterocycles. The molecule has 0 radical (unpaired) electrons. The van der Waals surface area contributed by atoms with Crippen molar-refractivity contribution in [2.45, 2.75) is 62.8 Å². The Kier molecular flexibility index (Phi) is 7.19. The zero-order valence-electron chi connectivity index (χ0n) is 16.6. The van der Waals surface area contributed by atoms with E-state index < -0.39 is 10.0 Å². The van der Waals surface area contributed by atoms with Gasteiger partial charge in [0, 0.05) is 16.6 Å². The molecule has 29 heavy (non-hydrogen) atoms. The van der Waals surface area contributed by atoms with Crippen molar-refractivity contribution in [3.63, 3.8) is 0 Å². The number of rotatable bonds is 5. The van der Waals surface area contributed by atoms with Gasteiger partial charge in [0.1, 0.15) is 0 Å². The molecule has 2 aromatic carbocycles. The predicted octanol–water partition coefficient (Wildman–Crippen LogP) is 5.29. The van der Waals surface area contributed by atoms with E-state index in [2.05, 4.69) is 10.0 Å². The molecule has 0 unspecified atom stereocenters. The van der Waals surface area contributed by atoms with E-state index in [4.69, 9.17) is 11.6 Å². The zero-order valence-corrected chi connectivity index (χ0v) is 18.2. The van der Waals surface area contributed by atoms with Gasteiger partial charge in [-0.2, -0.15) is 0 Å². The van der Waals surface area contributed by atoms with Crippen LogP contribution in [-0.4, -0.2) is 20.4 Å². The molecule has 2 aromatic rings. The van der Waals surface area contributed by atoms with Crippen molar-refractivity contribution < 1.29 is 13.2 Å². The van der Waals surface area contributed by atoms with E-state index in [0.717, 1.165) is 31.2 Å². The van der Waals surface area contributed by atoms with E-state index in [-0.39, 0.29) is 16.8 Å². The van der Waals surface area contributed by atoms with Gasteiger partial charge >= 0.3 is 0 Å². The van der Waals surface area contributed by atoms with E-state index >= 15 is 0 Å². The Morgan fingerprint density at radius 1 is 0.966 bits per heavy atom. The molecule has 7 heteroatoms. The van der Waals surface area contributed by atoms with E-state index in [1.54, 1.807) is 25.1 Å². The van der Waals surface area contributed by atoms with Gasteiger partial charge in [-0.05, 0) is 61.7 Å². The summed E-state index contributed by atoms with van der Waals surface area (Å²) >= 11 is 5.84. The highest BCUT2D eigenvalue weighted by atomic mass is 35.5. The summed E-state index contributed by atoms with van der Waals surface area (Å²) in [5.74, 6) is -0.164. The number of anilines is 1. The Balaban J connectivity index is 1.75. The van der Waals surface area contributed by atoms with Gasteiger partial charge in [0.15, 0.2) is 0 Å². The van der Waals surface area contributed by atoms with Crippen molar-refractivity contribution >= 4 is 33.2 Å². The molecule has 1 saturated carbocycles. The standard InChI is InChI=1S/C22H27ClN2O3S/c1-16-9-10-17(22(26)24-19-7-5-3-2-4-6-8-19)15-21(16)25-29(27,28)20-13-11-18(23)12-14-20/h9-15,19,25H,2-8H2,1H3,(H,24,26). The summed E-state index contributed by atoms with van der Waals surface area (Å²) in [7, 11) is -3.77. The lowest BCUT2D eigenvalue weighted by atomic mass is 9.96. The summed E-state index contributed by atoms with van der Waals surface area (Å²) < 4.78 is 27.9. The molecule has 0 saturated heterocycles. The van der Waals surface area contributed by atoms with Crippen molar-refractivity contribution in [2.75, 3.05) is 4.72 Å². The van der Waals surface area contributed by atoms with Gasteiger partial charge in [0.05, 0.1) is 10.6 Å². The maximum Gasteiger partial charge on any atom is 0.261 e. The molecule has 0 aromatic heterocycles. The summed E-state index contributed by atoms with van der Waals surface area (Å²) in [5.41, 5.74) is 1.58. The molecule has 1 aliphatic rings. The highest BCUT2D eigenvalue weighted by molar-refractivity contribution is 7.92. The summed E-state index contributed by atoms with van der Waals surface area (Å²) in [5, 5.41) is 3.59. The van der Waals surface area contributed by atoms with Crippen molar-refractivity contribution in [3.8, 4) is 0 Å². The SMILES string of the molecule is Cc1ccc(C(=O)NC2CCCCCCC2)cc1NS(=O)(=O)c1ccc(Cl)cc1. The van der Waals surface area contributed by atoms with Crippen LogP contribution in [0.2, 0.25) is 5.02 Å². The van der Waals surface area contributed by atoms with E-state index in [1.807, 2.05) is 0 Å². The molecule has 0 bridgehead atoms. The molecule has 5 nitrogen and oxygen atoms in total. The highest BCUT2D eigenvalue weighted by Gasteiger charge is 2.18. The predicted molar refractivity (Wildman–Crippen MR) is 117 cm³/mol. The lowest BCUT2D eigenvalue weighted by Crippen LogP contribution is -2.35. The number of hydrogen-bond acceptors (Lipinski definition) is 3. The number of nitrogens with one attached hydrogen (secondary N) is 2. The van der Waals surface area contributed by atoms with E-state index in [0.29, 0.717) is 16.3 Å². The monoisotopic (exact) mass is 434 g/mol. The molecule has 2 N–H and O–H groups in total. The lowest BCUT2D eigenvalue weighted by molar-refractivity contribution is 0.0930. The van der Waals surface area contributed by atoms with Crippen LogP contribution in [-0.2, 0) is 10.0 Å². The first kappa shape index (κ1) is 21.7. The maximum atomic E-state index is 12.7. The number of benzene rings is 2. The quantitative estimate of drug-likeness (QED) is 0.671. The van der Waals surface area contributed by atoms with Crippen LogP contribution < -0.4 is 10.0 Å². The van der Waals surface area contributed by atoms with Crippen molar-refractivity contribution in [3.05, 3.63) is 58.6 Å². The van der Waals surface area contributed by atoms with Crippen LogP contribution in [0.15, 0.2) is 47.4 Å². The summed E-state index contributed by atoms with van der Waals surface area (Å²) in [4.78, 5) is 12.9. The van der Waals surface area contributed by atoms with Crippen molar-refractivity contribution in [2.24, 2.45) is 0 Å². The average molecular weight is 435 g/mol. The molecular formula is C22H27ClN2O3S. The third-order valence-corrected chi connectivity index (χ3v) is 6.94. The number of aryl methyl sites for hydroxylation is 1. The number of carbonyl (C=O) groups excluding carboxylic acids is 1. The van der Waals surface area contributed by atoms with Crippen LogP contribution in [0.4, 0.5) is 5.69 Å². The fourth-order valence-corrected chi connectivity index (χ4v) is 4.81. The fourth-order valence-electron chi connectivity index (χ4n) is 3.56. The molecule has 0 atom stereocenters. The first-order valence-electron chi connectivity index (χ1n) is 10.0. The summed E-state index contributed by atoms with van der Waals surface area (Å²) in [6.07, 6.45) is 7.95. The Labute approximate surface area is 177 Å². The summed E-state index contributed by atoms with van der Waals surface area (Å²) in [6.45, 7) is 1.80.